The molecule has 262 valence electrons. The van der Waals surface area contributed by atoms with Crippen molar-refractivity contribution in [3.8, 4) is 33.4 Å². The molecular formula is C54H35NS. The fourth-order valence-corrected chi connectivity index (χ4v) is 9.80. The Hall–Kier alpha value is -7.00. The van der Waals surface area contributed by atoms with Crippen LogP contribution in [0.3, 0.4) is 0 Å². The molecule has 0 aliphatic heterocycles. The van der Waals surface area contributed by atoms with Crippen LogP contribution < -0.4 is 4.90 Å². The number of hydrogen-bond donors (Lipinski definition) is 0. The highest BCUT2D eigenvalue weighted by Crippen LogP contribution is 2.48. The van der Waals surface area contributed by atoms with Gasteiger partial charge in [-0.25, -0.2) is 0 Å². The summed E-state index contributed by atoms with van der Waals surface area (Å²) in [5.41, 5.74) is 10.8. The predicted octanol–water partition coefficient (Wildman–Crippen LogP) is 16.0. The van der Waals surface area contributed by atoms with Crippen molar-refractivity contribution in [2.75, 3.05) is 4.90 Å². The standard InChI is InChI=1S/C54H35NS/c1-3-14-36(15-4-1)37-26-28-41(29-27-37)55(50-32-30-42(38-16-5-2-6-17-38)43-20-9-11-22-46(43)50)51-33-31-45(44-21-10-12-23-47(44)51)48-24-13-25-52-54(48)49-34-39-18-7-8-19-40(39)35-53(49)56-52/h1-35H. The second kappa shape index (κ2) is 13.4. The average Bonchev–Trinajstić information content (AvgIpc) is 3.64. The van der Waals surface area contributed by atoms with E-state index >= 15 is 0 Å². The summed E-state index contributed by atoms with van der Waals surface area (Å²) in [5.74, 6) is 0. The Morgan fingerprint density at radius 2 is 0.839 bits per heavy atom. The minimum Gasteiger partial charge on any atom is -0.309 e. The second-order valence-electron chi connectivity index (χ2n) is 14.4. The van der Waals surface area contributed by atoms with Gasteiger partial charge in [0.15, 0.2) is 0 Å². The smallest absolute Gasteiger partial charge is 0.0540 e. The van der Waals surface area contributed by atoms with Crippen molar-refractivity contribution in [2.24, 2.45) is 0 Å². The molecule has 2 heteroatoms. The number of benzene rings is 10. The van der Waals surface area contributed by atoms with Gasteiger partial charge in [-0.15, -0.1) is 11.3 Å². The lowest BCUT2D eigenvalue weighted by Crippen LogP contribution is -2.11. The molecule has 0 atom stereocenters. The Morgan fingerprint density at radius 1 is 0.304 bits per heavy atom. The summed E-state index contributed by atoms with van der Waals surface area (Å²) in [4.78, 5) is 2.46. The zero-order chi connectivity index (χ0) is 37.0. The molecule has 11 rings (SSSR count). The molecule has 1 aromatic heterocycles. The maximum atomic E-state index is 2.46. The van der Waals surface area contributed by atoms with Crippen molar-refractivity contribution < 1.29 is 0 Å². The summed E-state index contributed by atoms with van der Waals surface area (Å²) in [6, 6.07) is 77.7. The van der Waals surface area contributed by atoms with Crippen LogP contribution in [0.25, 0.3) is 85.9 Å². The van der Waals surface area contributed by atoms with Crippen LogP contribution >= 0.6 is 11.3 Å². The highest BCUT2D eigenvalue weighted by Gasteiger charge is 2.22. The quantitative estimate of drug-likeness (QED) is 0.165. The van der Waals surface area contributed by atoms with Crippen molar-refractivity contribution in [3.05, 3.63) is 212 Å². The summed E-state index contributed by atoms with van der Waals surface area (Å²) >= 11 is 1.89. The average molecular weight is 730 g/mol. The summed E-state index contributed by atoms with van der Waals surface area (Å²) in [6.45, 7) is 0. The fraction of sp³-hybridized carbons (Fsp3) is 0. The van der Waals surface area contributed by atoms with E-state index in [-0.39, 0.29) is 0 Å². The number of hydrogen-bond acceptors (Lipinski definition) is 2. The molecule has 0 amide bonds. The van der Waals surface area contributed by atoms with Gasteiger partial charge in [0.1, 0.15) is 0 Å². The van der Waals surface area contributed by atoms with Crippen molar-refractivity contribution >= 4 is 80.9 Å². The molecule has 56 heavy (non-hydrogen) atoms. The largest absolute Gasteiger partial charge is 0.309 e. The Balaban J connectivity index is 1.15. The van der Waals surface area contributed by atoms with Crippen LogP contribution in [-0.2, 0) is 0 Å². The molecule has 0 N–H and O–H groups in total. The molecule has 0 aliphatic rings. The van der Waals surface area contributed by atoms with Crippen LogP contribution in [0.15, 0.2) is 212 Å². The van der Waals surface area contributed by atoms with E-state index in [4.69, 9.17) is 0 Å². The Kier molecular flexibility index (Phi) is 7.75. The summed E-state index contributed by atoms with van der Waals surface area (Å²) < 4.78 is 2.63. The van der Waals surface area contributed by atoms with Crippen LogP contribution in [0.1, 0.15) is 0 Å². The molecule has 0 aliphatic carbocycles. The molecule has 0 fully saturated rings. The van der Waals surface area contributed by atoms with Gasteiger partial charge in [0.25, 0.3) is 0 Å². The zero-order valence-electron chi connectivity index (χ0n) is 30.6. The number of fused-ring (bicyclic) bond motifs is 6. The fourth-order valence-electron chi connectivity index (χ4n) is 8.64. The van der Waals surface area contributed by atoms with E-state index < -0.39 is 0 Å². The van der Waals surface area contributed by atoms with Crippen molar-refractivity contribution in [1.82, 2.24) is 0 Å². The first-order valence-corrected chi connectivity index (χ1v) is 20.0. The third-order valence-corrected chi connectivity index (χ3v) is 12.4. The van der Waals surface area contributed by atoms with Crippen LogP contribution in [0.5, 0.6) is 0 Å². The summed E-state index contributed by atoms with van der Waals surface area (Å²) in [7, 11) is 0. The van der Waals surface area contributed by atoms with E-state index in [0.29, 0.717) is 0 Å². The van der Waals surface area contributed by atoms with E-state index in [9.17, 15) is 0 Å². The molecule has 0 saturated carbocycles. The monoisotopic (exact) mass is 729 g/mol. The third-order valence-electron chi connectivity index (χ3n) is 11.3. The summed E-state index contributed by atoms with van der Waals surface area (Å²) in [6.07, 6.45) is 0. The highest BCUT2D eigenvalue weighted by atomic mass is 32.1. The van der Waals surface area contributed by atoms with Gasteiger partial charge in [0, 0.05) is 36.6 Å². The van der Waals surface area contributed by atoms with E-state index in [1.165, 1.54) is 85.9 Å². The van der Waals surface area contributed by atoms with E-state index in [0.717, 1.165) is 17.1 Å². The van der Waals surface area contributed by atoms with Gasteiger partial charge >= 0.3 is 0 Å². The molecule has 10 aromatic carbocycles. The number of anilines is 3. The maximum Gasteiger partial charge on any atom is 0.0540 e. The van der Waals surface area contributed by atoms with Crippen LogP contribution in [0.2, 0.25) is 0 Å². The zero-order valence-corrected chi connectivity index (χ0v) is 31.4. The lowest BCUT2D eigenvalue weighted by molar-refractivity contribution is 1.31. The number of rotatable bonds is 6. The predicted molar refractivity (Wildman–Crippen MR) is 243 cm³/mol. The van der Waals surface area contributed by atoms with Gasteiger partial charge in [-0.1, -0.05) is 170 Å². The Bertz CT molecular complexity index is 3230. The third kappa shape index (κ3) is 5.38. The molecule has 1 heterocycles. The first-order valence-electron chi connectivity index (χ1n) is 19.2. The van der Waals surface area contributed by atoms with Crippen LogP contribution in [0, 0.1) is 0 Å². The van der Waals surface area contributed by atoms with Gasteiger partial charge in [0.2, 0.25) is 0 Å². The van der Waals surface area contributed by atoms with Gasteiger partial charge < -0.3 is 4.90 Å². The van der Waals surface area contributed by atoms with Gasteiger partial charge in [-0.2, -0.15) is 0 Å². The normalized spacial score (nSPS) is 11.6. The van der Waals surface area contributed by atoms with Crippen molar-refractivity contribution in [3.63, 3.8) is 0 Å². The molecule has 0 spiro atoms. The number of thiophene rings is 1. The van der Waals surface area contributed by atoms with Gasteiger partial charge in [0.05, 0.1) is 11.4 Å². The van der Waals surface area contributed by atoms with Crippen LogP contribution in [-0.4, -0.2) is 0 Å². The lowest BCUT2D eigenvalue weighted by Gasteiger charge is -2.29. The lowest BCUT2D eigenvalue weighted by atomic mass is 9.92. The SMILES string of the molecule is c1ccc(-c2ccc(N(c3ccc(-c4ccccc4)c4ccccc34)c3ccc(-c4cccc5sc6cc7ccccc7cc6c45)c4ccccc34)cc2)cc1. The maximum absolute atomic E-state index is 2.46. The van der Waals surface area contributed by atoms with Gasteiger partial charge in [-0.05, 0) is 97.4 Å². The highest BCUT2D eigenvalue weighted by molar-refractivity contribution is 7.26. The van der Waals surface area contributed by atoms with Crippen LogP contribution in [0.4, 0.5) is 17.1 Å². The second-order valence-corrected chi connectivity index (χ2v) is 15.5. The molecule has 0 bridgehead atoms. The molecule has 0 saturated heterocycles. The summed E-state index contributed by atoms with van der Waals surface area (Å²) in [5, 5.41) is 10.1. The topological polar surface area (TPSA) is 3.24 Å². The van der Waals surface area contributed by atoms with E-state index in [1.807, 2.05) is 11.3 Å². The van der Waals surface area contributed by atoms with E-state index in [2.05, 4.69) is 217 Å². The molecule has 0 unspecified atom stereocenters. The molecule has 0 radical (unpaired) electrons. The molecule has 11 aromatic rings. The van der Waals surface area contributed by atoms with Gasteiger partial charge in [-0.3, -0.25) is 0 Å². The first kappa shape index (κ1) is 32.4. The minimum atomic E-state index is 1.11. The number of nitrogens with zero attached hydrogens (tertiary/aromatic N) is 1. The molecular weight excluding hydrogens is 695 g/mol. The molecule has 1 nitrogen and oxygen atoms in total. The Labute approximate surface area is 330 Å². The Morgan fingerprint density at radius 3 is 1.52 bits per heavy atom. The van der Waals surface area contributed by atoms with E-state index in [1.54, 1.807) is 0 Å². The van der Waals surface area contributed by atoms with Crippen molar-refractivity contribution in [2.45, 2.75) is 0 Å². The first-order chi connectivity index (χ1) is 27.8. The minimum absolute atomic E-state index is 1.11. The van der Waals surface area contributed by atoms with Crippen molar-refractivity contribution in [1.29, 1.82) is 0 Å².